The average Bonchev–Trinajstić information content (AvgIpc) is 2.39. The molecule has 0 aromatic heterocycles. The zero-order chi connectivity index (χ0) is 9.61. The molecule has 0 bridgehead atoms. The topological polar surface area (TPSA) is 29.1 Å². The quantitative estimate of drug-likeness (QED) is 0.565. The van der Waals surface area contributed by atoms with Crippen LogP contribution in [-0.2, 0) is 4.79 Å². The second-order valence-corrected chi connectivity index (χ2v) is 4.48. The van der Waals surface area contributed by atoms with E-state index in [9.17, 15) is 4.79 Å². The van der Waals surface area contributed by atoms with Gasteiger partial charge in [0.1, 0.15) is 6.29 Å². The lowest BCUT2D eigenvalue weighted by atomic mass is 10.0. The first-order valence-corrected chi connectivity index (χ1v) is 4.65. The van der Waals surface area contributed by atoms with Gasteiger partial charge in [-0.25, -0.2) is 0 Å². The third-order valence-corrected chi connectivity index (χ3v) is 1.66. The number of hydrogen-bond acceptors (Lipinski definition) is 2. The lowest BCUT2D eigenvalue weighted by Gasteiger charge is -2.03. The first-order chi connectivity index (χ1) is 5.45. The highest BCUT2D eigenvalue weighted by atomic mass is 16.1. The van der Waals surface area contributed by atoms with Gasteiger partial charge in [0.15, 0.2) is 0 Å². The molecule has 72 valence electrons. The molecule has 1 fully saturated rings. The van der Waals surface area contributed by atoms with Gasteiger partial charge in [-0.05, 0) is 26.3 Å². The summed E-state index contributed by atoms with van der Waals surface area (Å²) in [4.78, 5) is 9.83. The van der Waals surface area contributed by atoms with Crippen molar-refractivity contribution >= 4 is 6.29 Å². The molecule has 1 unspecified atom stereocenters. The first kappa shape index (κ1) is 11.6. The Hall–Kier alpha value is -0.370. The number of hydrogen-bond donors (Lipinski definition) is 1. The summed E-state index contributed by atoms with van der Waals surface area (Å²) in [5.41, 5.74) is -0.139. The molecule has 0 aromatic carbocycles. The highest BCUT2D eigenvalue weighted by molar-refractivity contribution is 5.56. The van der Waals surface area contributed by atoms with Crippen LogP contribution in [0.25, 0.3) is 0 Å². The standard InChI is InChI=1S/C5H11N.C5H10O/c1-5-3-2-4-6-5;1-5(2,3)4-6/h5-6H,2-4H2,1H3;4H,1-3H3. The van der Waals surface area contributed by atoms with Crippen LogP contribution in [0.2, 0.25) is 0 Å². The largest absolute Gasteiger partial charge is 0.314 e. The predicted molar refractivity (Wildman–Crippen MR) is 52.2 cm³/mol. The molecule has 0 aliphatic carbocycles. The van der Waals surface area contributed by atoms with Gasteiger partial charge in [-0.15, -0.1) is 0 Å². The number of carbonyl (C=O) groups excluding carboxylic acids is 1. The van der Waals surface area contributed by atoms with E-state index in [4.69, 9.17) is 0 Å². The second kappa shape index (κ2) is 5.31. The van der Waals surface area contributed by atoms with Gasteiger partial charge in [0.2, 0.25) is 0 Å². The SMILES string of the molecule is CC(C)(C)C=O.CC1CCCN1. The molecular weight excluding hydrogens is 150 g/mol. The fourth-order valence-corrected chi connectivity index (χ4v) is 0.859. The summed E-state index contributed by atoms with van der Waals surface area (Å²) in [5, 5.41) is 3.32. The van der Waals surface area contributed by atoms with Crippen molar-refractivity contribution in [1.29, 1.82) is 0 Å². The van der Waals surface area contributed by atoms with Gasteiger partial charge in [0.25, 0.3) is 0 Å². The molecule has 0 saturated carbocycles. The highest BCUT2D eigenvalue weighted by Crippen LogP contribution is 2.05. The van der Waals surface area contributed by atoms with E-state index in [0.29, 0.717) is 0 Å². The maximum atomic E-state index is 9.83. The van der Waals surface area contributed by atoms with Crippen LogP contribution in [0.3, 0.4) is 0 Å². The van der Waals surface area contributed by atoms with E-state index in [1.54, 1.807) is 0 Å². The Bertz CT molecular complexity index is 120. The minimum Gasteiger partial charge on any atom is -0.314 e. The molecular formula is C10H21NO. The van der Waals surface area contributed by atoms with E-state index < -0.39 is 0 Å². The average molecular weight is 171 g/mol. The Morgan fingerprint density at radius 3 is 2.00 bits per heavy atom. The van der Waals surface area contributed by atoms with Crippen molar-refractivity contribution in [3.8, 4) is 0 Å². The molecule has 1 N–H and O–H groups in total. The molecule has 12 heavy (non-hydrogen) atoms. The van der Waals surface area contributed by atoms with Crippen LogP contribution in [-0.4, -0.2) is 18.9 Å². The molecule has 2 nitrogen and oxygen atoms in total. The Balaban J connectivity index is 0.000000202. The zero-order valence-electron chi connectivity index (χ0n) is 8.68. The Labute approximate surface area is 75.7 Å². The first-order valence-electron chi connectivity index (χ1n) is 4.65. The second-order valence-electron chi connectivity index (χ2n) is 4.48. The third-order valence-electron chi connectivity index (χ3n) is 1.66. The van der Waals surface area contributed by atoms with Gasteiger partial charge >= 0.3 is 0 Å². The van der Waals surface area contributed by atoms with E-state index in [-0.39, 0.29) is 5.41 Å². The molecule has 0 radical (unpaired) electrons. The smallest absolute Gasteiger partial charge is 0.125 e. The molecule has 1 aliphatic heterocycles. The van der Waals surface area contributed by atoms with E-state index in [0.717, 1.165) is 12.3 Å². The van der Waals surface area contributed by atoms with E-state index in [1.807, 2.05) is 20.8 Å². The lowest BCUT2D eigenvalue weighted by Crippen LogP contribution is -2.16. The van der Waals surface area contributed by atoms with E-state index in [2.05, 4.69) is 12.2 Å². The van der Waals surface area contributed by atoms with Crippen molar-refractivity contribution in [2.24, 2.45) is 5.41 Å². The molecule has 1 heterocycles. The van der Waals surface area contributed by atoms with Crippen molar-refractivity contribution in [1.82, 2.24) is 5.32 Å². The molecule has 2 heteroatoms. The molecule has 0 aromatic rings. The Morgan fingerprint density at radius 2 is 1.92 bits per heavy atom. The Kier molecular flexibility index (Phi) is 5.14. The molecule has 1 atom stereocenters. The summed E-state index contributed by atoms with van der Waals surface area (Å²) in [6, 6.07) is 0.796. The van der Waals surface area contributed by atoms with Crippen LogP contribution in [0.5, 0.6) is 0 Å². The lowest BCUT2D eigenvalue weighted by molar-refractivity contribution is -0.113. The minimum absolute atomic E-state index is 0.139. The van der Waals surface area contributed by atoms with E-state index in [1.165, 1.54) is 19.4 Å². The van der Waals surface area contributed by atoms with Gasteiger partial charge in [-0.1, -0.05) is 20.8 Å². The van der Waals surface area contributed by atoms with E-state index >= 15 is 0 Å². The zero-order valence-corrected chi connectivity index (χ0v) is 8.68. The summed E-state index contributed by atoms with van der Waals surface area (Å²) in [5.74, 6) is 0. The highest BCUT2D eigenvalue weighted by Gasteiger charge is 2.05. The molecule has 1 aliphatic rings. The number of nitrogens with one attached hydrogen (secondary N) is 1. The maximum Gasteiger partial charge on any atom is 0.125 e. The van der Waals surface area contributed by atoms with Crippen LogP contribution in [0.15, 0.2) is 0 Å². The number of rotatable bonds is 0. The summed E-state index contributed by atoms with van der Waals surface area (Å²) in [6.07, 6.45) is 3.69. The normalized spacial score (nSPS) is 22.8. The fourth-order valence-electron chi connectivity index (χ4n) is 0.859. The van der Waals surface area contributed by atoms with Crippen molar-refractivity contribution in [2.45, 2.75) is 46.6 Å². The molecule has 0 spiro atoms. The summed E-state index contributed by atoms with van der Waals surface area (Å²) >= 11 is 0. The van der Waals surface area contributed by atoms with Crippen molar-refractivity contribution in [3.05, 3.63) is 0 Å². The fraction of sp³-hybridized carbons (Fsp3) is 0.900. The minimum atomic E-state index is -0.139. The monoisotopic (exact) mass is 171 g/mol. The molecule has 1 rings (SSSR count). The van der Waals surface area contributed by atoms with Gasteiger partial charge in [-0.2, -0.15) is 0 Å². The third kappa shape index (κ3) is 7.73. The summed E-state index contributed by atoms with van der Waals surface area (Å²) in [7, 11) is 0. The Morgan fingerprint density at radius 1 is 1.42 bits per heavy atom. The van der Waals surface area contributed by atoms with Crippen LogP contribution in [0.1, 0.15) is 40.5 Å². The van der Waals surface area contributed by atoms with Crippen LogP contribution >= 0.6 is 0 Å². The summed E-state index contributed by atoms with van der Waals surface area (Å²) < 4.78 is 0. The van der Waals surface area contributed by atoms with Gasteiger partial charge in [-0.3, -0.25) is 0 Å². The molecule has 1 saturated heterocycles. The van der Waals surface area contributed by atoms with Gasteiger partial charge in [0, 0.05) is 11.5 Å². The summed E-state index contributed by atoms with van der Waals surface area (Å²) in [6.45, 7) is 9.09. The van der Waals surface area contributed by atoms with Crippen LogP contribution in [0, 0.1) is 5.41 Å². The van der Waals surface area contributed by atoms with Crippen molar-refractivity contribution in [3.63, 3.8) is 0 Å². The predicted octanol–water partition coefficient (Wildman–Crippen LogP) is 1.99. The van der Waals surface area contributed by atoms with Gasteiger partial charge < -0.3 is 10.1 Å². The van der Waals surface area contributed by atoms with Crippen molar-refractivity contribution < 1.29 is 4.79 Å². The van der Waals surface area contributed by atoms with Crippen LogP contribution in [0.4, 0.5) is 0 Å². The molecule has 0 amide bonds. The van der Waals surface area contributed by atoms with Gasteiger partial charge in [0.05, 0.1) is 0 Å². The number of aldehydes is 1. The van der Waals surface area contributed by atoms with Crippen molar-refractivity contribution in [2.75, 3.05) is 6.54 Å². The number of carbonyl (C=O) groups is 1. The maximum absolute atomic E-state index is 9.83. The van der Waals surface area contributed by atoms with Crippen LogP contribution < -0.4 is 5.32 Å².